The summed E-state index contributed by atoms with van der Waals surface area (Å²) in [6, 6.07) is 0.681. The lowest BCUT2D eigenvalue weighted by Gasteiger charge is -2.42. The minimum absolute atomic E-state index is 0.224. The highest BCUT2D eigenvalue weighted by Gasteiger charge is 2.28. The molecule has 2 rings (SSSR count). The van der Waals surface area contributed by atoms with Gasteiger partial charge in [-0.05, 0) is 44.7 Å². The molecule has 98 valence electrons. The Labute approximate surface area is 104 Å². The second kappa shape index (κ2) is 5.83. The minimum Gasteiger partial charge on any atom is -0.343 e. The lowest BCUT2D eigenvalue weighted by Crippen LogP contribution is -2.50. The SMILES string of the molecule is CC(=O)N1CCC(N2CCC[C@H](CN)C2)CC1. The molecule has 2 heterocycles. The zero-order valence-corrected chi connectivity index (χ0v) is 10.9. The first-order chi connectivity index (χ1) is 8.20. The Morgan fingerprint density at radius 3 is 2.53 bits per heavy atom. The molecule has 2 N–H and O–H groups in total. The van der Waals surface area contributed by atoms with Crippen LogP contribution in [0.4, 0.5) is 0 Å². The first-order valence-electron chi connectivity index (χ1n) is 6.90. The second-order valence-electron chi connectivity index (χ2n) is 5.48. The number of hydrogen-bond donors (Lipinski definition) is 1. The summed E-state index contributed by atoms with van der Waals surface area (Å²) >= 11 is 0. The minimum atomic E-state index is 0.224. The number of carbonyl (C=O) groups is 1. The van der Waals surface area contributed by atoms with Crippen LogP contribution in [0.15, 0.2) is 0 Å². The summed E-state index contributed by atoms with van der Waals surface area (Å²) in [5, 5.41) is 0. The van der Waals surface area contributed by atoms with E-state index in [0.717, 1.165) is 32.5 Å². The maximum Gasteiger partial charge on any atom is 0.219 e. The quantitative estimate of drug-likeness (QED) is 0.770. The lowest BCUT2D eigenvalue weighted by atomic mass is 9.94. The lowest BCUT2D eigenvalue weighted by molar-refractivity contribution is -0.130. The van der Waals surface area contributed by atoms with Crippen LogP contribution in [0.5, 0.6) is 0 Å². The van der Waals surface area contributed by atoms with E-state index in [2.05, 4.69) is 4.90 Å². The molecule has 1 amide bonds. The molecule has 2 aliphatic heterocycles. The molecule has 0 aromatic carbocycles. The Kier molecular flexibility index (Phi) is 4.40. The molecule has 0 spiro atoms. The first kappa shape index (κ1) is 12.8. The summed E-state index contributed by atoms with van der Waals surface area (Å²) in [6.45, 7) is 6.75. The van der Waals surface area contributed by atoms with Crippen molar-refractivity contribution in [2.24, 2.45) is 11.7 Å². The number of carbonyl (C=O) groups excluding carboxylic acids is 1. The van der Waals surface area contributed by atoms with Crippen molar-refractivity contribution in [3.05, 3.63) is 0 Å². The monoisotopic (exact) mass is 239 g/mol. The average Bonchev–Trinajstić information content (AvgIpc) is 2.39. The molecule has 0 radical (unpaired) electrons. The van der Waals surface area contributed by atoms with E-state index in [1.165, 1.54) is 25.9 Å². The Balaban J connectivity index is 1.81. The predicted molar refractivity (Wildman–Crippen MR) is 68.6 cm³/mol. The van der Waals surface area contributed by atoms with E-state index in [1.54, 1.807) is 6.92 Å². The van der Waals surface area contributed by atoms with Crippen LogP contribution in [-0.2, 0) is 4.79 Å². The van der Waals surface area contributed by atoms with Gasteiger partial charge in [0.25, 0.3) is 0 Å². The van der Waals surface area contributed by atoms with Crippen LogP contribution in [-0.4, -0.2) is 54.5 Å². The predicted octanol–water partition coefficient (Wildman–Crippen LogP) is 0.668. The van der Waals surface area contributed by atoms with Gasteiger partial charge < -0.3 is 10.6 Å². The van der Waals surface area contributed by atoms with Gasteiger partial charge in [0, 0.05) is 32.6 Å². The average molecular weight is 239 g/mol. The van der Waals surface area contributed by atoms with Crippen LogP contribution >= 0.6 is 0 Å². The molecular formula is C13H25N3O. The summed E-state index contributed by atoms with van der Waals surface area (Å²) in [5.41, 5.74) is 5.78. The fraction of sp³-hybridized carbons (Fsp3) is 0.923. The van der Waals surface area contributed by atoms with Crippen molar-refractivity contribution in [3.63, 3.8) is 0 Å². The third kappa shape index (κ3) is 3.19. The summed E-state index contributed by atoms with van der Waals surface area (Å²) in [4.78, 5) is 15.9. The van der Waals surface area contributed by atoms with Crippen LogP contribution in [0, 0.1) is 5.92 Å². The van der Waals surface area contributed by atoms with E-state index in [0.29, 0.717) is 12.0 Å². The summed E-state index contributed by atoms with van der Waals surface area (Å²) in [6.07, 6.45) is 4.85. The Morgan fingerprint density at radius 2 is 1.94 bits per heavy atom. The Bertz CT molecular complexity index is 261. The van der Waals surface area contributed by atoms with Crippen molar-refractivity contribution in [2.75, 3.05) is 32.7 Å². The van der Waals surface area contributed by atoms with Crippen LogP contribution in [0.1, 0.15) is 32.6 Å². The molecule has 2 aliphatic rings. The van der Waals surface area contributed by atoms with E-state index in [-0.39, 0.29) is 5.91 Å². The number of piperidine rings is 2. The number of amides is 1. The highest BCUT2D eigenvalue weighted by atomic mass is 16.2. The maximum atomic E-state index is 11.3. The molecule has 0 unspecified atom stereocenters. The van der Waals surface area contributed by atoms with Crippen molar-refractivity contribution >= 4 is 5.91 Å². The van der Waals surface area contributed by atoms with Gasteiger partial charge in [-0.15, -0.1) is 0 Å². The zero-order chi connectivity index (χ0) is 12.3. The molecule has 0 aromatic rings. The normalized spacial score (nSPS) is 28.4. The smallest absolute Gasteiger partial charge is 0.219 e. The van der Waals surface area contributed by atoms with Gasteiger partial charge in [0.05, 0.1) is 0 Å². The van der Waals surface area contributed by atoms with Crippen LogP contribution < -0.4 is 5.73 Å². The molecule has 0 saturated carbocycles. The number of hydrogen-bond acceptors (Lipinski definition) is 3. The van der Waals surface area contributed by atoms with Crippen molar-refractivity contribution < 1.29 is 4.79 Å². The van der Waals surface area contributed by atoms with E-state index < -0.39 is 0 Å². The van der Waals surface area contributed by atoms with Gasteiger partial charge in [0.1, 0.15) is 0 Å². The van der Waals surface area contributed by atoms with Gasteiger partial charge in [-0.3, -0.25) is 9.69 Å². The van der Waals surface area contributed by atoms with Gasteiger partial charge >= 0.3 is 0 Å². The van der Waals surface area contributed by atoms with Crippen molar-refractivity contribution in [2.45, 2.75) is 38.6 Å². The molecule has 0 aliphatic carbocycles. The third-order valence-corrected chi connectivity index (χ3v) is 4.31. The first-order valence-corrected chi connectivity index (χ1v) is 6.90. The largest absolute Gasteiger partial charge is 0.343 e. The van der Waals surface area contributed by atoms with Crippen molar-refractivity contribution in [1.82, 2.24) is 9.80 Å². The zero-order valence-electron chi connectivity index (χ0n) is 10.9. The fourth-order valence-electron chi connectivity index (χ4n) is 3.17. The summed E-state index contributed by atoms with van der Waals surface area (Å²) in [7, 11) is 0. The third-order valence-electron chi connectivity index (χ3n) is 4.31. The molecule has 4 heteroatoms. The van der Waals surface area contributed by atoms with Crippen LogP contribution in [0.3, 0.4) is 0 Å². The maximum absolute atomic E-state index is 11.3. The van der Waals surface area contributed by atoms with E-state index in [9.17, 15) is 4.79 Å². The van der Waals surface area contributed by atoms with Crippen LogP contribution in [0.2, 0.25) is 0 Å². The number of nitrogens with two attached hydrogens (primary N) is 1. The molecular weight excluding hydrogens is 214 g/mol. The highest BCUT2D eigenvalue weighted by Crippen LogP contribution is 2.23. The van der Waals surface area contributed by atoms with E-state index >= 15 is 0 Å². The van der Waals surface area contributed by atoms with E-state index in [1.807, 2.05) is 4.90 Å². The van der Waals surface area contributed by atoms with Gasteiger partial charge in [0.2, 0.25) is 5.91 Å². The summed E-state index contributed by atoms with van der Waals surface area (Å²) < 4.78 is 0. The summed E-state index contributed by atoms with van der Waals surface area (Å²) in [5.74, 6) is 0.913. The molecule has 4 nitrogen and oxygen atoms in total. The van der Waals surface area contributed by atoms with Gasteiger partial charge in [0.15, 0.2) is 0 Å². The standard InChI is InChI=1S/C13H25N3O/c1-11(17)15-7-4-13(5-8-15)16-6-2-3-12(9-14)10-16/h12-13H,2-10,14H2,1H3/t12-/m1/s1. The fourth-order valence-corrected chi connectivity index (χ4v) is 3.17. The molecule has 0 bridgehead atoms. The molecule has 2 fully saturated rings. The van der Waals surface area contributed by atoms with Gasteiger partial charge in [-0.2, -0.15) is 0 Å². The van der Waals surface area contributed by atoms with E-state index in [4.69, 9.17) is 5.73 Å². The highest BCUT2D eigenvalue weighted by molar-refractivity contribution is 5.73. The second-order valence-corrected chi connectivity index (χ2v) is 5.48. The molecule has 2 saturated heterocycles. The van der Waals surface area contributed by atoms with Gasteiger partial charge in [-0.1, -0.05) is 0 Å². The van der Waals surface area contributed by atoms with Crippen LogP contribution in [0.25, 0.3) is 0 Å². The number of rotatable bonds is 2. The Morgan fingerprint density at radius 1 is 1.24 bits per heavy atom. The Hall–Kier alpha value is -0.610. The number of likely N-dealkylation sites (tertiary alicyclic amines) is 2. The van der Waals surface area contributed by atoms with Crippen molar-refractivity contribution in [3.8, 4) is 0 Å². The molecule has 17 heavy (non-hydrogen) atoms. The van der Waals surface area contributed by atoms with Gasteiger partial charge in [-0.25, -0.2) is 0 Å². The van der Waals surface area contributed by atoms with Crippen molar-refractivity contribution in [1.29, 1.82) is 0 Å². The topological polar surface area (TPSA) is 49.6 Å². The number of nitrogens with zero attached hydrogens (tertiary/aromatic N) is 2. The molecule has 0 aromatic heterocycles. The molecule has 1 atom stereocenters.